The molecule has 0 saturated heterocycles. The Bertz CT molecular complexity index is 889. The number of hydrogen-bond acceptors (Lipinski definition) is 4. The van der Waals surface area contributed by atoms with Crippen molar-refractivity contribution in [1.29, 1.82) is 0 Å². The average Bonchev–Trinajstić information content (AvgIpc) is 3.45. The quantitative estimate of drug-likeness (QED) is 0.588. The topological polar surface area (TPSA) is 65.5 Å². The van der Waals surface area contributed by atoms with E-state index in [4.69, 9.17) is 11.6 Å². The normalized spacial score (nSPS) is 17.7. The van der Waals surface area contributed by atoms with E-state index in [0.29, 0.717) is 29.7 Å². The molecule has 2 aliphatic carbocycles. The first-order chi connectivity index (χ1) is 13.9. The van der Waals surface area contributed by atoms with Gasteiger partial charge in [-0.15, -0.1) is 0 Å². The molecule has 1 aromatic heterocycles. The number of carboxylic acid groups (broad SMARTS) is 1. The smallest absolute Gasteiger partial charge is 0.314 e. The standard InChI is InChI=1S/C23H28ClN3O2/c1-15(2)27(14-16-4-5-16)20-8-6-17(23(22(28)29)10-3-11-23)12-19(20)26-21-9-7-18(24)13-25-21/h6-9,12-13,15-16H,3-5,10-11,14H2,1-2H3,(H,25,26)(H,28,29). The summed E-state index contributed by atoms with van der Waals surface area (Å²) in [6.07, 6.45) is 6.51. The number of anilines is 3. The van der Waals surface area contributed by atoms with Crippen molar-refractivity contribution in [3.63, 3.8) is 0 Å². The Balaban J connectivity index is 1.74. The van der Waals surface area contributed by atoms with Gasteiger partial charge in [0.25, 0.3) is 0 Å². The first-order valence-electron chi connectivity index (χ1n) is 10.4. The van der Waals surface area contributed by atoms with E-state index >= 15 is 0 Å². The highest BCUT2D eigenvalue weighted by atomic mass is 35.5. The molecule has 6 heteroatoms. The van der Waals surface area contributed by atoms with Crippen molar-refractivity contribution >= 4 is 34.8 Å². The second kappa shape index (κ2) is 7.86. The summed E-state index contributed by atoms with van der Waals surface area (Å²) in [4.78, 5) is 18.8. The summed E-state index contributed by atoms with van der Waals surface area (Å²) in [5, 5.41) is 13.9. The lowest BCUT2D eigenvalue weighted by molar-refractivity contribution is -0.147. The van der Waals surface area contributed by atoms with E-state index in [1.54, 1.807) is 12.3 Å². The van der Waals surface area contributed by atoms with Crippen LogP contribution < -0.4 is 10.2 Å². The molecular formula is C23H28ClN3O2. The maximum atomic E-state index is 12.0. The minimum absolute atomic E-state index is 0.345. The lowest BCUT2D eigenvalue weighted by Crippen LogP contribution is -2.42. The Hall–Kier alpha value is -2.27. The summed E-state index contributed by atoms with van der Waals surface area (Å²) in [6.45, 7) is 5.42. The number of aliphatic carboxylic acids is 1. The summed E-state index contributed by atoms with van der Waals surface area (Å²) in [5.74, 6) is 0.710. The van der Waals surface area contributed by atoms with Crippen LogP contribution in [0.25, 0.3) is 0 Å². The van der Waals surface area contributed by atoms with Gasteiger partial charge >= 0.3 is 5.97 Å². The molecule has 2 aliphatic rings. The van der Waals surface area contributed by atoms with Crippen molar-refractivity contribution in [2.24, 2.45) is 5.92 Å². The first kappa shape index (κ1) is 20.0. The van der Waals surface area contributed by atoms with E-state index in [0.717, 1.165) is 35.8 Å². The van der Waals surface area contributed by atoms with Gasteiger partial charge in [0, 0.05) is 18.8 Å². The van der Waals surface area contributed by atoms with Gasteiger partial charge in [0.2, 0.25) is 0 Å². The first-order valence-corrected chi connectivity index (χ1v) is 10.8. The van der Waals surface area contributed by atoms with Crippen molar-refractivity contribution in [3.05, 3.63) is 47.1 Å². The van der Waals surface area contributed by atoms with Crippen LogP contribution in [0, 0.1) is 5.92 Å². The Labute approximate surface area is 177 Å². The average molecular weight is 414 g/mol. The van der Waals surface area contributed by atoms with Crippen LogP contribution >= 0.6 is 11.6 Å². The summed E-state index contributed by atoms with van der Waals surface area (Å²) in [7, 11) is 0. The van der Waals surface area contributed by atoms with Crippen molar-refractivity contribution in [2.75, 3.05) is 16.8 Å². The van der Waals surface area contributed by atoms with Gasteiger partial charge in [-0.1, -0.05) is 24.1 Å². The van der Waals surface area contributed by atoms with E-state index in [1.165, 1.54) is 12.8 Å². The fourth-order valence-corrected chi connectivity index (χ4v) is 4.21. The van der Waals surface area contributed by atoms with E-state index in [2.05, 4.69) is 35.1 Å². The number of carboxylic acids is 1. The molecule has 29 heavy (non-hydrogen) atoms. The fraction of sp³-hybridized carbons (Fsp3) is 0.478. The molecule has 0 unspecified atom stereocenters. The zero-order valence-corrected chi connectivity index (χ0v) is 17.7. The summed E-state index contributed by atoms with van der Waals surface area (Å²) in [6, 6.07) is 10.1. The zero-order valence-electron chi connectivity index (χ0n) is 17.0. The van der Waals surface area contributed by atoms with Crippen LogP contribution in [0.2, 0.25) is 5.02 Å². The third kappa shape index (κ3) is 4.06. The van der Waals surface area contributed by atoms with Crippen LogP contribution in [0.15, 0.2) is 36.5 Å². The SMILES string of the molecule is CC(C)N(CC1CC1)c1ccc(C2(C(=O)O)CCC2)cc1Nc1ccc(Cl)cn1. The van der Waals surface area contributed by atoms with Crippen LogP contribution in [-0.2, 0) is 10.2 Å². The lowest BCUT2D eigenvalue weighted by Gasteiger charge is -2.39. The van der Waals surface area contributed by atoms with Gasteiger partial charge in [-0.05, 0) is 75.3 Å². The number of pyridine rings is 1. The second-order valence-corrected chi connectivity index (χ2v) is 9.09. The molecule has 1 heterocycles. The van der Waals surface area contributed by atoms with Crippen LogP contribution in [0.5, 0.6) is 0 Å². The molecule has 4 rings (SSSR count). The Morgan fingerprint density at radius 3 is 2.59 bits per heavy atom. The van der Waals surface area contributed by atoms with Crippen molar-refractivity contribution < 1.29 is 9.90 Å². The second-order valence-electron chi connectivity index (χ2n) is 8.65. The van der Waals surface area contributed by atoms with Crippen LogP contribution in [0.3, 0.4) is 0 Å². The summed E-state index contributed by atoms with van der Waals surface area (Å²) < 4.78 is 0. The predicted molar refractivity (Wildman–Crippen MR) is 117 cm³/mol. The highest BCUT2D eigenvalue weighted by molar-refractivity contribution is 6.30. The highest BCUT2D eigenvalue weighted by Crippen LogP contribution is 2.46. The van der Waals surface area contributed by atoms with Crippen LogP contribution in [0.4, 0.5) is 17.2 Å². The third-order valence-electron chi connectivity index (χ3n) is 6.24. The van der Waals surface area contributed by atoms with Gasteiger partial charge in [0.1, 0.15) is 5.82 Å². The van der Waals surface area contributed by atoms with Gasteiger partial charge in [-0.3, -0.25) is 4.79 Å². The molecule has 154 valence electrons. The Morgan fingerprint density at radius 2 is 2.07 bits per heavy atom. The fourth-order valence-electron chi connectivity index (χ4n) is 4.09. The van der Waals surface area contributed by atoms with Crippen molar-refractivity contribution in [3.8, 4) is 0 Å². The number of benzene rings is 1. The molecular weight excluding hydrogens is 386 g/mol. The molecule has 0 amide bonds. The van der Waals surface area contributed by atoms with E-state index in [1.807, 2.05) is 18.2 Å². The number of nitrogens with one attached hydrogen (secondary N) is 1. The summed E-state index contributed by atoms with van der Waals surface area (Å²) >= 11 is 5.98. The highest BCUT2D eigenvalue weighted by Gasteiger charge is 2.46. The van der Waals surface area contributed by atoms with Crippen LogP contribution in [-0.4, -0.2) is 28.6 Å². The summed E-state index contributed by atoms with van der Waals surface area (Å²) in [5.41, 5.74) is 2.10. The molecule has 1 aromatic carbocycles. The van der Waals surface area contributed by atoms with Gasteiger partial charge in [0.15, 0.2) is 0 Å². The molecule has 0 atom stereocenters. The van der Waals surface area contributed by atoms with Crippen molar-refractivity contribution in [1.82, 2.24) is 4.98 Å². The largest absolute Gasteiger partial charge is 0.481 e. The number of hydrogen-bond donors (Lipinski definition) is 2. The minimum atomic E-state index is -0.762. The van der Waals surface area contributed by atoms with Gasteiger partial charge < -0.3 is 15.3 Å². The Morgan fingerprint density at radius 1 is 1.31 bits per heavy atom. The van der Waals surface area contributed by atoms with E-state index in [9.17, 15) is 9.90 Å². The monoisotopic (exact) mass is 413 g/mol. The van der Waals surface area contributed by atoms with Gasteiger partial charge in [-0.25, -0.2) is 4.98 Å². The molecule has 0 radical (unpaired) electrons. The minimum Gasteiger partial charge on any atom is -0.481 e. The third-order valence-corrected chi connectivity index (χ3v) is 6.46. The maximum absolute atomic E-state index is 12.0. The van der Waals surface area contributed by atoms with E-state index < -0.39 is 11.4 Å². The van der Waals surface area contributed by atoms with E-state index in [-0.39, 0.29) is 0 Å². The lowest BCUT2D eigenvalue weighted by atomic mass is 9.64. The number of carbonyl (C=O) groups is 1. The molecule has 0 bridgehead atoms. The van der Waals surface area contributed by atoms with Gasteiger partial charge in [-0.2, -0.15) is 0 Å². The molecule has 5 nitrogen and oxygen atoms in total. The maximum Gasteiger partial charge on any atom is 0.314 e. The molecule has 0 spiro atoms. The Kier molecular flexibility index (Phi) is 5.43. The zero-order chi connectivity index (χ0) is 20.6. The molecule has 2 fully saturated rings. The number of aromatic nitrogens is 1. The molecule has 2 N–H and O–H groups in total. The van der Waals surface area contributed by atoms with Crippen molar-refractivity contribution in [2.45, 2.75) is 57.4 Å². The number of nitrogens with zero attached hydrogens (tertiary/aromatic N) is 2. The molecule has 2 aromatic rings. The number of rotatable bonds is 8. The van der Waals surface area contributed by atoms with Gasteiger partial charge in [0.05, 0.1) is 21.8 Å². The predicted octanol–water partition coefficient (Wildman–Crippen LogP) is 5.61. The van der Waals surface area contributed by atoms with Crippen LogP contribution in [0.1, 0.15) is 51.5 Å². The number of halogens is 1. The molecule has 2 saturated carbocycles. The molecule has 0 aliphatic heterocycles.